The van der Waals surface area contributed by atoms with E-state index >= 15 is 0 Å². The molecule has 2 aliphatic heterocycles. The molecule has 1 fully saturated rings. The van der Waals surface area contributed by atoms with Gasteiger partial charge in [0.25, 0.3) is 0 Å². The largest absolute Gasteiger partial charge is 0.491 e. The molecule has 2 aromatic rings. The van der Waals surface area contributed by atoms with Crippen molar-refractivity contribution < 1.29 is 14.3 Å². The SMILES string of the molecule is Cc1nn(C)c(C)c1CCCNC(=O)CN1CCC2(CCCCc3ccccc3OCCNC2=O)CC1. The summed E-state index contributed by atoms with van der Waals surface area (Å²) in [6.07, 6.45) is 7.33. The van der Waals surface area contributed by atoms with Gasteiger partial charge in [0.2, 0.25) is 11.8 Å². The highest BCUT2D eigenvalue weighted by Gasteiger charge is 2.40. The molecule has 8 nitrogen and oxygen atoms in total. The number of piperidine rings is 1. The maximum Gasteiger partial charge on any atom is 0.234 e. The molecule has 2 aliphatic rings. The van der Waals surface area contributed by atoms with Crippen molar-refractivity contribution in [2.45, 2.75) is 65.2 Å². The van der Waals surface area contributed by atoms with Gasteiger partial charge in [-0.1, -0.05) is 24.6 Å². The van der Waals surface area contributed by atoms with Crippen LogP contribution in [0.25, 0.3) is 0 Å². The Morgan fingerprint density at radius 3 is 2.70 bits per heavy atom. The van der Waals surface area contributed by atoms with Crippen molar-refractivity contribution >= 4 is 11.8 Å². The van der Waals surface area contributed by atoms with E-state index in [0.717, 1.165) is 75.9 Å². The third-order valence-electron chi connectivity index (χ3n) is 8.22. The Labute approximate surface area is 221 Å². The van der Waals surface area contributed by atoms with E-state index in [1.54, 1.807) is 0 Å². The van der Waals surface area contributed by atoms with Crippen molar-refractivity contribution in [1.82, 2.24) is 25.3 Å². The number of hydrogen-bond acceptors (Lipinski definition) is 5. The molecule has 37 heavy (non-hydrogen) atoms. The van der Waals surface area contributed by atoms with E-state index in [9.17, 15) is 9.59 Å². The van der Waals surface area contributed by atoms with Crippen LogP contribution in [0.15, 0.2) is 24.3 Å². The summed E-state index contributed by atoms with van der Waals surface area (Å²) < 4.78 is 7.87. The highest BCUT2D eigenvalue weighted by atomic mass is 16.5. The first-order valence-corrected chi connectivity index (χ1v) is 13.8. The molecular formula is C29H43N5O3. The number of para-hydroxylation sites is 1. The molecule has 0 unspecified atom stereocenters. The molecule has 0 bridgehead atoms. The van der Waals surface area contributed by atoms with Crippen LogP contribution in [0.2, 0.25) is 0 Å². The average Bonchev–Trinajstić information content (AvgIpc) is 3.13. The first kappa shape index (κ1) is 27.2. The topological polar surface area (TPSA) is 88.5 Å². The van der Waals surface area contributed by atoms with Crippen LogP contribution in [0.3, 0.4) is 0 Å². The summed E-state index contributed by atoms with van der Waals surface area (Å²) in [6, 6.07) is 8.21. The summed E-state index contributed by atoms with van der Waals surface area (Å²) in [6.45, 7) is 7.73. The molecule has 1 aromatic carbocycles. The highest BCUT2D eigenvalue weighted by molar-refractivity contribution is 5.83. The molecule has 0 radical (unpaired) electrons. The zero-order chi connectivity index (χ0) is 26.3. The lowest BCUT2D eigenvalue weighted by Crippen LogP contribution is -2.51. The van der Waals surface area contributed by atoms with E-state index in [2.05, 4.69) is 39.7 Å². The summed E-state index contributed by atoms with van der Waals surface area (Å²) in [5, 5.41) is 10.7. The van der Waals surface area contributed by atoms with Crippen molar-refractivity contribution in [1.29, 1.82) is 0 Å². The lowest BCUT2D eigenvalue weighted by atomic mass is 9.73. The van der Waals surface area contributed by atoms with Gasteiger partial charge < -0.3 is 15.4 Å². The molecule has 0 aliphatic carbocycles. The van der Waals surface area contributed by atoms with Gasteiger partial charge in [0, 0.05) is 19.3 Å². The number of aromatic nitrogens is 2. The number of hydrogen-bond donors (Lipinski definition) is 2. The number of aryl methyl sites for hydroxylation is 3. The van der Waals surface area contributed by atoms with Crippen molar-refractivity contribution in [2.75, 3.05) is 39.3 Å². The summed E-state index contributed by atoms with van der Waals surface area (Å²) >= 11 is 0. The van der Waals surface area contributed by atoms with Crippen LogP contribution in [0.5, 0.6) is 5.75 Å². The van der Waals surface area contributed by atoms with Crippen molar-refractivity contribution in [3.05, 3.63) is 46.8 Å². The van der Waals surface area contributed by atoms with Gasteiger partial charge in [-0.2, -0.15) is 5.10 Å². The van der Waals surface area contributed by atoms with E-state index in [-0.39, 0.29) is 17.2 Å². The number of amides is 2. The van der Waals surface area contributed by atoms with E-state index in [0.29, 0.717) is 26.2 Å². The Hall–Kier alpha value is -2.87. The van der Waals surface area contributed by atoms with Gasteiger partial charge in [-0.15, -0.1) is 0 Å². The smallest absolute Gasteiger partial charge is 0.234 e. The fourth-order valence-corrected chi connectivity index (χ4v) is 5.80. The normalized spacial score (nSPS) is 18.7. The fraction of sp³-hybridized carbons (Fsp3) is 0.621. The number of carbonyl (C=O) groups excluding carboxylic acids is 2. The zero-order valence-electron chi connectivity index (χ0n) is 22.8. The molecule has 2 N–H and O–H groups in total. The molecule has 0 atom stereocenters. The van der Waals surface area contributed by atoms with Crippen LogP contribution >= 0.6 is 0 Å². The number of nitrogens with one attached hydrogen (secondary N) is 2. The third-order valence-corrected chi connectivity index (χ3v) is 8.22. The Balaban J connectivity index is 1.22. The number of ether oxygens (including phenoxy) is 1. The monoisotopic (exact) mass is 509 g/mol. The van der Waals surface area contributed by atoms with Crippen LogP contribution < -0.4 is 15.4 Å². The predicted octanol–water partition coefficient (Wildman–Crippen LogP) is 3.09. The molecular weight excluding hydrogens is 466 g/mol. The minimum atomic E-state index is -0.342. The summed E-state index contributed by atoms with van der Waals surface area (Å²) in [5.74, 6) is 1.14. The minimum Gasteiger partial charge on any atom is -0.491 e. The second kappa shape index (κ2) is 12.6. The van der Waals surface area contributed by atoms with Gasteiger partial charge in [0.15, 0.2) is 0 Å². The third kappa shape index (κ3) is 6.92. The highest BCUT2D eigenvalue weighted by Crippen LogP contribution is 2.37. The lowest BCUT2D eigenvalue weighted by molar-refractivity contribution is -0.135. The van der Waals surface area contributed by atoms with Gasteiger partial charge in [-0.3, -0.25) is 19.2 Å². The Kier molecular flexibility index (Phi) is 9.24. The van der Waals surface area contributed by atoms with Gasteiger partial charge in [0.05, 0.1) is 24.2 Å². The first-order valence-electron chi connectivity index (χ1n) is 13.8. The lowest BCUT2D eigenvalue weighted by Gasteiger charge is -2.40. The van der Waals surface area contributed by atoms with Crippen LogP contribution in [-0.4, -0.2) is 65.8 Å². The fourth-order valence-electron chi connectivity index (χ4n) is 5.80. The molecule has 202 valence electrons. The van der Waals surface area contributed by atoms with Crippen LogP contribution in [0, 0.1) is 19.3 Å². The van der Waals surface area contributed by atoms with Crippen LogP contribution in [0.1, 0.15) is 61.0 Å². The van der Waals surface area contributed by atoms with E-state index < -0.39 is 0 Å². The Morgan fingerprint density at radius 1 is 1.16 bits per heavy atom. The van der Waals surface area contributed by atoms with E-state index in [1.807, 2.05) is 30.8 Å². The number of fused-ring (bicyclic) bond motifs is 1. The minimum absolute atomic E-state index is 0.0644. The number of likely N-dealkylation sites (tertiary alicyclic amines) is 1. The number of carbonyl (C=O) groups is 2. The molecule has 1 aromatic heterocycles. The number of benzene rings is 1. The molecule has 1 spiro atoms. The quantitative estimate of drug-likeness (QED) is 0.585. The van der Waals surface area contributed by atoms with Gasteiger partial charge in [-0.05, 0) is 89.1 Å². The van der Waals surface area contributed by atoms with Crippen molar-refractivity contribution in [3.63, 3.8) is 0 Å². The molecule has 3 heterocycles. The van der Waals surface area contributed by atoms with Gasteiger partial charge in [0.1, 0.15) is 12.4 Å². The average molecular weight is 510 g/mol. The summed E-state index contributed by atoms with van der Waals surface area (Å²) in [4.78, 5) is 28.0. The Morgan fingerprint density at radius 2 is 1.95 bits per heavy atom. The molecule has 4 rings (SSSR count). The Bertz CT molecular complexity index is 1070. The zero-order valence-corrected chi connectivity index (χ0v) is 22.8. The van der Waals surface area contributed by atoms with Crippen LogP contribution in [0.4, 0.5) is 0 Å². The van der Waals surface area contributed by atoms with Crippen molar-refractivity contribution in [3.8, 4) is 5.75 Å². The van der Waals surface area contributed by atoms with E-state index in [1.165, 1.54) is 16.8 Å². The molecule has 0 saturated carbocycles. The predicted molar refractivity (Wildman–Crippen MR) is 145 cm³/mol. The van der Waals surface area contributed by atoms with Gasteiger partial charge >= 0.3 is 0 Å². The summed E-state index contributed by atoms with van der Waals surface area (Å²) in [5.41, 5.74) is 4.45. The maximum absolute atomic E-state index is 13.3. The number of nitrogens with zero attached hydrogens (tertiary/aromatic N) is 3. The van der Waals surface area contributed by atoms with E-state index in [4.69, 9.17) is 4.74 Å². The summed E-state index contributed by atoms with van der Waals surface area (Å²) in [7, 11) is 1.97. The second-order valence-electron chi connectivity index (χ2n) is 10.7. The second-order valence-corrected chi connectivity index (χ2v) is 10.7. The standard InChI is InChI=1S/C29H43N5O3/c1-22-25(23(2)33(3)32-22)11-8-16-30-27(35)21-34-18-14-29(15-19-34)13-7-6-10-24-9-4-5-12-26(24)37-20-17-31-28(29)36/h4-5,9,12H,6-8,10-11,13-21H2,1-3H3,(H,30,35)(H,31,36). The molecule has 2 amide bonds. The number of rotatable bonds is 6. The maximum atomic E-state index is 13.3. The van der Waals surface area contributed by atoms with Crippen molar-refractivity contribution in [2.24, 2.45) is 12.5 Å². The van der Waals surface area contributed by atoms with Gasteiger partial charge in [-0.25, -0.2) is 0 Å². The first-order chi connectivity index (χ1) is 17.9. The molecule has 1 saturated heterocycles. The van der Waals surface area contributed by atoms with Crippen LogP contribution in [-0.2, 0) is 29.5 Å². The molecule has 8 heteroatoms.